The summed E-state index contributed by atoms with van der Waals surface area (Å²) in [6.07, 6.45) is 0.806. The average molecular weight is 280 g/mol. The lowest BCUT2D eigenvalue weighted by molar-refractivity contribution is -0.384. The zero-order valence-electron chi connectivity index (χ0n) is 11.9. The lowest BCUT2D eigenvalue weighted by Crippen LogP contribution is -2.45. The smallest absolute Gasteiger partial charge is 0.269 e. The second kappa shape index (κ2) is 6.47. The number of nitro benzene ring substituents is 1. The van der Waals surface area contributed by atoms with Crippen LogP contribution in [0.5, 0.6) is 0 Å². The maximum Gasteiger partial charge on any atom is 0.269 e. The summed E-state index contributed by atoms with van der Waals surface area (Å²) in [5.74, 6) is -0.303. The van der Waals surface area contributed by atoms with Crippen LogP contribution in [-0.2, 0) is 0 Å². The molecule has 2 atom stereocenters. The van der Waals surface area contributed by atoms with Gasteiger partial charge >= 0.3 is 0 Å². The standard InChI is InChI=1S/C14H20N2O4/c1-4-10(2)14(3,18)9-15-13(17)11-5-7-12(8-6-11)16(19)20/h5-8,10,18H,4,9H2,1-3H3,(H,15,17). The van der Waals surface area contributed by atoms with Gasteiger partial charge in [-0.25, -0.2) is 0 Å². The SMILES string of the molecule is CCC(C)C(C)(O)CNC(=O)c1ccc([N+](=O)[O-])cc1. The van der Waals surface area contributed by atoms with E-state index in [1.807, 2.05) is 13.8 Å². The first-order valence-electron chi connectivity index (χ1n) is 6.53. The number of carbonyl (C=O) groups excluding carboxylic acids is 1. The minimum Gasteiger partial charge on any atom is -0.388 e. The summed E-state index contributed by atoms with van der Waals surface area (Å²) in [6, 6.07) is 5.35. The van der Waals surface area contributed by atoms with E-state index in [0.29, 0.717) is 5.56 Å². The summed E-state index contributed by atoms with van der Waals surface area (Å²) >= 11 is 0. The van der Waals surface area contributed by atoms with Gasteiger partial charge in [0.25, 0.3) is 11.6 Å². The molecule has 0 saturated heterocycles. The van der Waals surface area contributed by atoms with Crippen LogP contribution in [0.2, 0.25) is 0 Å². The molecule has 0 aromatic heterocycles. The molecule has 0 aliphatic carbocycles. The van der Waals surface area contributed by atoms with Crippen LogP contribution in [0.15, 0.2) is 24.3 Å². The number of benzene rings is 1. The van der Waals surface area contributed by atoms with E-state index in [-0.39, 0.29) is 24.1 Å². The Bertz CT molecular complexity index is 482. The van der Waals surface area contributed by atoms with Gasteiger partial charge in [-0.1, -0.05) is 20.3 Å². The van der Waals surface area contributed by atoms with E-state index in [1.54, 1.807) is 6.92 Å². The third-order valence-corrected chi connectivity index (χ3v) is 3.62. The van der Waals surface area contributed by atoms with E-state index < -0.39 is 10.5 Å². The Morgan fingerprint density at radius 2 is 2.00 bits per heavy atom. The third-order valence-electron chi connectivity index (χ3n) is 3.62. The molecule has 0 radical (unpaired) electrons. The third kappa shape index (κ3) is 4.03. The molecule has 6 heteroatoms. The number of amides is 1. The van der Waals surface area contributed by atoms with Crippen LogP contribution in [-0.4, -0.2) is 28.1 Å². The summed E-state index contributed by atoms with van der Waals surface area (Å²) in [5.41, 5.74) is -0.714. The number of hydrogen-bond donors (Lipinski definition) is 2. The van der Waals surface area contributed by atoms with E-state index in [2.05, 4.69) is 5.32 Å². The number of non-ortho nitro benzene ring substituents is 1. The molecular weight excluding hydrogens is 260 g/mol. The zero-order chi connectivity index (χ0) is 15.3. The van der Waals surface area contributed by atoms with Crippen molar-refractivity contribution in [2.75, 3.05) is 6.54 Å². The van der Waals surface area contributed by atoms with Gasteiger partial charge in [0, 0.05) is 24.2 Å². The summed E-state index contributed by atoms with van der Waals surface area (Å²) in [4.78, 5) is 21.9. The molecule has 0 spiro atoms. The lowest BCUT2D eigenvalue weighted by Gasteiger charge is -2.29. The molecule has 0 aliphatic rings. The molecule has 0 fully saturated rings. The Hall–Kier alpha value is -1.95. The number of aliphatic hydroxyl groups is 1. The van der Waals surface area contributed by atoms with Crippen molar-refractivity contribution in [3.8, 4) is 0 Å². The van der Waals surface area contributed by atoms with Gasteiger partial charge in [-0.05, 0) is 25.0 Å². The average Bonchev–Trinajstić information content (AvgIpc) is 2.43. The van der Waals surface area contributed by atoms with Crippen molar-refractivity contribution in [2.45, 2.75) is 32.8 Å². The molecule has 6 nitrogen and oxygen atoms in total. The molecule has 110 valence electrons. The van der Waals surface area contributed by atoms with Crippen LogP contribution in [0.25, 0.3) is 0 Å². The Morgan fingerprint density at radius 3 is 2.45 bits per heavy atom. The minimum atomic E-state index is -0.981. The van der Waals surface area contributed by atoms with E-state index >= 15 is 0 Å². The van der Waals surface area contributed by atoms with Crippen molar-refractivity contribution in [1.29, 1.82) is 0 Å². The minimum absolute atomic E-state index is 0.0552. The van der Waals surface area contributed by atoms with Crippen molar-refractivity contribution in [1.82, 2.24) is 5.32 Å². The Labute approximate surface area is 118 Å². The first-order chi connectivity index (χ1) is 9.27. The summed E-state index contributed by atoms with van der Waals surface area (Å²) in [5, 5.41) is 23.4. The van der Waals surface area contributed by atoms with Crippen LogP contribution in [0.3, 0.4) is 0 Å². The van der Waals surface area contributed by atoms with Crippen LogP contribution >= 0.6 is 0 Å². The number of carbonyl (C=O) groups is 1. The number of rotatable bonds is 6. The topological polar surface area (TPSA) is 92.5 Å². The van der Waals surface area contributed by atoms with Crippen LogP contribution in [0.4, 0.5) is 5.69 Å². The first kappa shape index (κ1) is 16.1. The van der Waals surface area contributed by atoms with Crippen LogP contribution in [0.1, 0.15) is 37.6 Å². The predicted octanol–water partition coefficient (Wildman–Crippen LogP) is 2.12. The normalized spacial score (nSPS) is 15.2. The molecule has 2 N–H and O–H groups in total. The number of nitro groups is 1. The Morgan fingerprint density at radius 1 is 1.45 bits per heavy atom. The van der Waals surface area contributed by atoms with Gasteiger partial charge in [0.15, 0.2) is 0 Å². The van der Waals surface area contributed by atoms with Crippen molar-refractivity contribution in [3.05, 3.63) is 39.9 Å². The molecule has 0 saturated carbocycles. The molecule has 0 bridgehead atoms. The molecule has 1 aromatic rings. The van der Waals surface area contributed by atoms with E-state index in [4.69, 9.17) is 0 Å². The fraction of sp³-hybridized carbons (Fsp3) is 0.500. The second-order valence-electron chi connectivity index (χ2n) is 5.15. The fourth-order valence-corrected chi connectivity index (χ4v) is 1.71. The molecule has 1 aromatic carbocycles. The highest BCUT2D eigenvalue weighted by atomic mass is 16.6. The molecular formula is C14H20N2O4. The van der Waals surface area contributed by atoms with E-state index in [9.17, 15) is 20.0 Å². The zero-order valence-corrected chi connectivity index (χ0v) is 11.9. The Balaban J connectivity index is 2.65. The maximum atomic E-state index is 11.9. The molecule has 1 rings (SSSR count). The van der Waals surface area contributed by atoms with Gasteiger partial charge < -0.3 is 10.4 Å². The summed E-state index contributed by atoms with van der Waals surface area (Å²) in [6.45, 7) is 5.70. The van der Waals surface area contributed by atoms with Gasteiger partial charge in [0.05, 0.1) is 10.5 Å². The highest BCUT2D eigenvalue weighted by Gasteiger charge is 2.27. The van der Waals surface area contributed by atoms with Gasteiger partial charge in [-0.2, -0.15) is 0 Å². The summed E-state index contributed by atoms with van der Waals surface area (Å²) in [7, 11) is 0. The lowest BCUT2D eigenvalue weighted by atomic mass is 9.88. The van der Waals surface area contributed by atoms with Crippen LogP contribution < -0.4 is 5.32 Å². The van der Waals surface area contributed by atoms with Crippen molar-refractivity contribution in [2.24, 2.45) is 5.92 Å². The van der Waals surface area contributed by atoms with Crippen molar-refractivity contribution >= 4 is 11.6 Å². The van der Waals surface area contributed by atoms with Gasteiger partial charge in [0.1, 0.15) is 0 Å². The van der Waals surface area contributed by atoms with E-state index in [0.717, 1.165) is 6.42 Å². The highest BCUT2D eigenvalue weighted by molar-refractivity contribution is 5.94. The monoisotopic (exact) mass is 280 g/mol. The quantitative estimate of drug-likeness (QED) is 0.616. The second-order valence-corrected chi connectivity index (χ2v) is 5.15. The van der Waals surface area contributed by atoms with Crippen molar-refractivity contribution in [3.63, 3.8) is 0 Å². The van der Waals surface area contributed by atoms with Crippen molar-refractivity contribution < 1.29 is 14.8 Å². The number of hydrogen-bond acceptors (Lipinski definition) is 4. The number of nitrogens with one attached hydrogen (secondary N) is 1. The first-order valence-corrected chi connectivity index (χ1v) is 6.53. The molecule has 2 unspecified atom stereocenters. The molecule has 1 amide bonds. The molecule has 0 heterocycles. The molecule has 0 aliphatic heterocycles. The Kier molecular flexibility index (Phi) is 5.21. The highest BCUT2D eigenvalue weighted by Crippen LogP contribution is 2.19. The predicted molar refractivity (Wildman–Crippen MR) is 75.5 cm³/mol. The van der Waals surface area contributed by atoms with E-state index in [1.165, 1.54) is 24.3 Å². The van der Waals surface area contributed by atoms with Crippen LogP contribution in [0, 0.1) is 16.0 Å². The largest absolute Gasteiger partial charge is 0.388 e. The van der Waals surface area contributed by atoms with Gasteiger partial charge in [0.2, 0.25) is 0 Å². The van der Waals surface area contributed by atoms with Gasteiger partial charge in [-0.15, -0.1) is 0 Å². The summed E-state index contributed by atoms with van der Waals surface area (Å²) < 4.78 is 0. The maximum absolute atomic E-state index is 11.9. The molecule has 20 heavy (non-hydrogen) atoms. The fourth-order valence-electron chi connectivity index (χ4n) is 1.71. The van der Waals surface area contributed by atoms with Gasteiger partial charge in [-0.3, -0.25) is 14.9 Å². The number of nitrogens with zero attached hydrogens (tertiary/aromatic N) is 1.